The topological polar surface area (TPSA) is 54.0 Å². The van der Waals surface area contributed by atoms with Crippen molar-refractivity contribution >= 4 is 17.3 Å². The van der Waals surface area contributed by atoms with Gasteiger partial charge in [-0.2, -0.15) is 0 Å². The summed E-state index contributed by atoms with van der Waals surface area (Å²) in [6, 6.07) is 10.0. The lowest BCUT2D eigenvalue weighted by Crippen LogP contribution is -2.16. The molecule has 0 saturated heterocycles. The van der Waals surface area contributed by atoms with Gasteiger partial charge in [0, 0.05) is 24.1 Å². The molecule has 1 aromatic heterocycles. The second-order valence-electron chi connectivity index (χ2n) is 5.38. The standard InChI is InChI=1S/C18H23N3O/c1-4-13(3)20-16-10-15(11-19-12-16)18(22)21-17-9-7-6-8-14(17)5-2/h6-13,20H,4-5H2,1-3H3,(H,21,22). The first-order valence-electron chi connectivity index (χ1n) is 7.74. The molecule has 0 saturated carbocycles. The largest absolute Gasteiger partial charge is 0.381 e. The fourth-order valence-electron chi connectivity index (χ4n) is 2.17. The van der Waals surface area contributed by atoms with E-state index in [-0.39, 0.29) is 5.91 Å². The highest BCUT2D eigenvalue weighted by Crippen LogP contribution is 2.17. The van der Waals surface area contributed by atoms with Crippen molar-refractivity contribution in [1.29, 1.82) is 0 Å². The number of aryl methyl sites for hydroxylation is 1. The number of nitrogens with zero attached hydrogens (tertiary/aromatic N) is 1. The molecule has 0 spiro atoms. The predicted molar refractivity (Wildman–Crippen MR) is 91.4 cm³/mol. The third-order valence-electron chi connectivity index (χ3n) is 3.67. The van der Waals surface area contributed by atoms with Crippen molar-refractivity contribution in [3.05, 3.63) is 53.9 Å². The van der Waals surface area contributed by atoms with Gasteiger partial charge in [0.25, 0.3) is 5.91 Å². The van der Waals surface area contributed by atoms with Gasteiger partial charge in [0.05, 0.1) is 11.3 Å². The Morgan fingerprint density at radius 1 is 1.23 bits per heavy atom. The van der Waals surface area contributed by atoms with E-state index in [1.54, 1.807) is 12.4 Å². The zero-order chi connectivity index (χ0) is 15.9. The molecule has 116 valence electrons. The van der Waals surface area contributed by atoms with Gasteiger partial charge < -0.3 is 10.6 Å². The quantitative estimate of drug-likeness (QED) is 0.843. The van der Waals surface area contributed by atoms with Crippen LogP contribution in [0.2, 0.25) is 0 Å². The molecule has 0 fully saturated rings. The average Bonchev–Trinajstić information content (AvgIpc) is 2.55. The lowest BCUT2D eigenvalue weighted by molar-refractivity contribution is 0.102. The third kappa shape index (κ3) is 4.07. The number of benzene rings is 1. The van der Waals surface area contributed by atoms with Crippen LogP contribution in [0.15, 0.2) is 42.7 Å². The van der Waals surface area contributed by atoms with E-state index in [1.165, 1.54) is 0 Å². The second kappa shape index (κ2) is 7.59. The third-order valence-corrected chi connectivity index (χ3v) is 3.67. The van der Waals surface area contributed by atoms with Crippen molar-refractivity contribution in [3.63, 3.8) is 0 Å². The zero-order valence-corrected chi connectivity index (χ0v) is 13.4. The molecule has 22 heavy (non-hydrogen) atoms. The van der Waals surface area contributed by atoms with Gasteiger partial charge in [-0.3, -0.25) is 9.78 Å². The van der Waals surface area contributed by atoms with E-state index in [1.807, 2.05) is 30.3 Å². The van der Waals surface area contributed by atoms with Crippen LogP contribution in [0.1, 0.15) is 43.1 Å². The predicted octanol–water partition coefficient (Wildman–Crippen LogP) is 4.11. The lowest BCUT2D eigenvalue weighted by Gasteiger charge is -2.14. The number of hydrogen-bond donors (Lipinski definition) is 2. The number of rotatable bonds is 6. The number of hydrogen-bond acceptors (Lipinski definition) is 3. The molecule has 0 bridgehead atoms. The van der Waals surface area contributed by atoms with E-state index in [0.717, 1.165) is 29.8 Å². The normalized spacial score (nSPS) is 11.8. The molecule has 2 N–H and O–H groups in total. The van der Waals surface area contributed by atoms with Crippen LogP contribution in [0.3, 0.4) is 0 Å². The van der Waals surface area contributed by atoms with Gasteiger partial charge in [0.15, 0.2) is 0 Å². The molecule has 0 aliphatic carbocycles. The summed E-state index contributed by atoms with van der Waals surface area (Å²) in [6.07, 6.45) is 5.22. The number of anilines is 2. The number of aromatic nitrogens is 1. The molecule has 0 aliphatic heterocycles. The number of carbonyl (C=O) groups is 1. The monoisotopic (exact) mass is 297 g/mol. The molecule has 1 heterocycles. The molecule has 2 rings (SSSR count). The maximum Gasteiger partial charge on any atom is 0.257 e. The van der Waals surface area contributed by atoms with E-state index >= 15 is 0 Å². The minimum atomic E-state index is -0.138. The van der Waals surface area contributed by atoms with Crippen molar-refractivity contribution in [1.82, 2.24) is 4.98 Å². The Bertz CT molecular complexity index is 640. The zero-order valence-electron chi connectivity index (χ0n) is 13.4. The number of nitrogens with one attached hydrogen (secondary N) is 2. The van der Waals surface area contributed by atoms with Crippen molar-refractivity contribution in [2.24, 2.45) is 0 Å². The van der Waals surface area contributed by atoms with Gasteiger partial charge in [-0.15, -0.1) is 0 Å². The molecular formula is C18H23N3O. The molecule has 1 amide bonds. The number of amides is 1. The molecule has 1 unspecified atom stereocenters. The van der Waals surface area contributed by atoms with Crippen molar-refractivity contribution in [2.45, 2.75) is 39.7 Å². The SMILES string of the molecule is CCc1ccccc1NC(=O)c1cncc(NC(C)CC)c1. The van der Waals surface area contributed by atoms with Gasteiger partial charge in [-0.1, -0.05) is 32.0 Å². The van der Waals surface area contributed by atoms with Crippen LogP contribution in [0, 0.1) is 0 Å². The maximum absolute atomic E-state index is 12.4. The summed E-state index contributed by atoms with van der Waals surface area (Å²) >= 11 is 0. The van der Waals surface area contributed by atoms with Crippen LogP contribution in [-0.2, 0) is 6.42 Å². The minimum absolute atomic E-state index is 0.138. The van der Waals surface area contributed by atoms with Gasteiger partial charge in [-0.25, -0.2) is 0 Å². The van der Waals surface area contributed by atoms with Crippen molar-refractivity contribution < 1.29 is 4.79 Å². The van der Waals surface area contributed by atoms with Crippen LogP contribution in [0.25, 0.3) is 0 Å². The first kappa shape index (κ1) is 16.0. The first-order chi connectivity index (χ1) is 10.6. The molecule has 1 atom stereocenters. The van der Waals surface area contributed by atoms with E-state index in [4.69, 9.17) is 0 Å². The van der Waals surface area contributed by atoms with E-state index < -0.39 is 0 Å². The Labute approximate surface area is 132 Å². The number of pyridine rings is 1. The minimum Gasteiger partial charge on any atom is -0.381 e. The van der Waals surface area contributed by atoms with Crippen molar-refractivity contribution in [2.75, 3.05) is 10.6 Å². The van der Waals surface area contributed by atoms with E-state index in [9.17, 15) is 4.79 Å². The molecule has 0 radical (unpaired) electrons. The van der Waals surface area contributed by atoms with E-state index in [2.05, 4.69) is 36.4 Å². The number of para-hydroxylation sites is 1. The fraction of sp³-hybridized carbons (Fsp3) is 0.333. The van der Waals surface area contributed by atoms with Crippen LogP contribution < -0.4 is 10.6 Å². The summed E-state index contributed by atoms with van der Waals surface area (Å²) in [7, 11) is 0. The lowest BCUT2D eigenvalue weighted by atomic mass is 10.1. The molecule has 2 aromatic rings. The summed E-state index contributed by atoms with van der Waals surface area (Å²) in [5.41, 5.74) is 3.40. The highest BCUT2D eigenvalue weighted by atomic mass is 16.1. The summed E-state index contributed by atoms with van der Waals surface area (Å²) < 4.78 is 0. The highest BCUT2D eigenvalue weighted by molar-refractivity contribution is 6.04. The second-order valence-corrected chi connectivity index (χ2v) is 5.38. The summed E-state index contributed by atoms with van der Waals surface area (Å²) in [5.74, 6) is -0.138. The maximum atomic E-state index is 12.4. The fourth-order valence-corrected chi connectivity index (χ4v) is 2.17. The summed E-state index contributed by atoms with van der Waals surface area (Å²) in [4.78, 5) is 16.6. The Balaban J connectivity index is 2.14. The molecule has 4 heteroatoms. The Hall–Kier alpha value is -2.36. The Morgan fingerprint density at radius 3 is 2.73 bits per heavy atom. The number of carbonyl (C=O) groups excluding carboxylic acids is 1. The highest BCUT2D eigenvalue weighted by Gasteiger charge is 2.10. The van der Waals surface area contributed by atoms with Gasteiger partial charge in [0.1, 0.15) is 0 Å². The first-order valence-corrected chi connectivity index (χ1v) is 7.74. The average molecular weight is 297 g/mol. The molecular weight excluding hydrogens is 274 g/mol. The van der Waals surface area contributed by atoms with Crippen LogP contribution in [0.4, 0.5) is 11.4 Å². The molecule has 0 aliphatic rings. The van der Waals surface area contributed by atoms with Gasteiger partial charge in [0.2, 0.25) is 0 Å². The summed E-state index contributed by atoms with van der Waals surface area (Å²) in [6.45, 7) is 6.29. The van der Waals surface area contributed by atoms with Crippen LogP contribution in [-0.4, -0.2) is 16.9 Å². The summed E-state index contributed by atoms with van der Waals surface area (Å²) in [5, 5.41) is 6.30. The van der Waals surface area contributed by atoms with Crippen molar-refractivity contribution in [3.8, 4) is 0 Å². The molecule has 1 aromatic carbocycles. The van der Waals surface area contributed by atoms with Gasteiger partial charge in [-0.05, 0) is 37.5 Å². The van der Waals surface area contributed by atoms with Crippen LogP contribution in [0.5, 0.6) is 0 Å². The Morgan fingerprint density at radius 2 is 2.00 bits per heavy atom. The van der Waals surface area contributed by atoms with Crippen LogP contribution >= 0.6 is 0 Å². The Kier molecular flexibility index (Phi) is 5.53. The smallest absolute Gasteiger partial charge is 0.257 e. The van der Waals surface area contributed by atoms with Gasteiger partial charge >= 0.3 is 0 Å². The van der Waals surface area contributed by atoms with E-state index in [0.29, 0.717) is 11.6 Å². The molecule has 4 nitrogen and oxygen atoms in total.